The van der Waals surface area contributed by atoms with Gasteiger partial charge in [0.1, 0.15) is 5.69 Å². The molecule has 0 radical (unpaired) electrons. The fourth-order valence-electron chi connectivity index (χ4n) is 2.07. The molecule has 0 saturated carbocycles. The van der Waals surface area contributed by atoms with Crippen LogP contribution in [0, 0.1) is 13.8 Å². The van der Waals surface area contributed by atoms with Gasteiger partial charge in [0, 0.05) is 18.3 Å². The highest BCUT2D eigenvalue weighted by Gasteiger charge is 2.11. The van der Waals surface area contributed by atoms with E-state index in [1.165, 1.54) is 11.1 Å². The molecule has 0 aliphatic rings. The molecule has 0 N–H and O–H groups in total. The monoisotopic (exact) mass is 256 g/mol. The minimum absolute atomic E-state index is 0.666. The first-order valence-electron chi connectivity index (χ1n) is 6.76. The van der Waals surface area contributed by atoms with Gasteiger partial charge in [-0.1, -0.05) is 25.5 Å². The van der Waals surface area contributed by atoms with Crippen molar-refractivity contribution >= 4 is 6.29 Å². The van der Waals surface area contributed by atoms with Crippen LogP contribution in [0.3, 0.4) is 0 Å². The van der Waals surface area contributed by atoms with E-state index >= 15 is 0 Å². The van der Waals surface area contributed by atoms with Gasteiger partial charge in [-0.15, -0.1) is 0 Å². The van der Waals surface area contributed by atoms with Crippen molar-refractivity contribution in [2.24, 2.45) is 0 Å². The molecule has 2 rings (SSSR count). The van der Waals surface area contributed by atoms with Gasteiger partial charge in [-0.2, -0.15) is 5.10 Å². The third-order valence-corrected chi connectivity index (χ3v) is 3.44. The molecule has 19 heavy (non-hydrogen) atoms. The SMILES string of the molecule is CCCCn1cc(C=O)c(-c2ccc(C)c(C)c2)n1. The zero-order chi connectivity index (χ0) is 13.8. The van der Waals surface area contributed by atoms with Gasteiger partial charge >= 0.3 is 0 Å². The molecule has 0 bridgehead atoms. The third kappa shape index (κ3) is 2.92. The topological polar surface area (TPSA) is 34.9 Å². The normalized spacial score (nSPS) is 10.7. The minimum atomic E-state index is 0.666. The summed E-state index contributed by atoms with van der Waals surface area (Å²) in [5.41, 5.74) is 4.94. The highest BCUT2D eigenvalue weighted by Crippen LogP contribution is 2.23. The van der Waals surface area contributed by atoms with Crippen LogP contribution in [0.4, 0.5) is 0 Å². The number of carbonyl (C=O) groups excluding carboxylic acids is 1. The van der Waals surface area contributed by atoms with E-state index in [9.17, 15) is 4.79 Å². The number of hydrogen-bond donors (Lipinski definition) is 0. The molecule has 0 unspecified atom stereocenters. The Labute approximate surface area is 114 Å². The highest BCUT2D eigenvalue weighted by atomic mass is 16.1. The van der Waals surface area contributed by atoms with Gasteiger partial charge in [-0.25, -0.2) is 0 Å². The maximum Gasteiger partial charge on any atom is 0.153 e. The molecule has 0 spiro atoms. The van der Waals surface area contributed by atoms with E-state index in [4.69, 9.17) is 0 Å². The van der Waals surface area contributed by atoms with Crippen LogP contribution in [-0.4, -0.2) is 16.1 Å². The predicted molar refractivity (Wildman–Crippen MR) is 77.4 cm³/mol. The molecule has 3 heteroatoms. The molecular weight excluding hydrogens is 236 g/mol. The highest BCUT2D eigenvalue weighted by molar-refractivity contribution is 5.85. The van der Waals surface area contributed by atoms with Gasteiger partial charge in [0.2, 0.25) is 0 Å². The Balaban J connectivity index is 2.39. The molecular formula is C16H20N2O. The van der Waals surface area contributed by atoms with E-state index in [0.717, 1.165) is 36.9 Å². The number of benzene rings is 1. The first-order chi connectivity index (χ1) is 9.15. The van der Waals surface area contributed by atoms with Crippen molar-refractivity contribution in [3.63, 3.8) is 0 Å². The fourth-order valence-corrected chi connectivity index (χ4v) is 2.07. The lowest BCUT2D eigenvalue weighted by atomic mass is 10.0. The van der Waals surface area contributed by atoms with Crippen LogP contribution in [0.2, 0.25) is 0 Å². The zero-order valence-corrected chi connectivity index (χ0v) is 11.8. The summed E-state index contributed by atoms with van der Waals surface area (Å²) in [5.74, 6) is 0. The van der Waals surface area contributed by atoms with E-state index in [-0.39, 0.29) is 0 Å². The van der Waals surface area contributed by atoms with Crippen LogP contribution in [0.15, 0.2) is 24.4 Å². The first-order valence-corrected chi connectivity index (χ1v) is 6.76. The van der Waals surface area contributed by atoms with Crippen molar-refractivity contribution in [1.29, 1.82) is 0 Å². The molecule has 0 aliphatic heterocycles. The Morgan fingerprint density at radius 2 is 2.05 bits per heavy atom. The lowest BCUT2D eigenvalue weighted by molar-refractivity contribution is 0.112. The van der Waals surface area contributed by atoms with Crippen LogP contribution in [-0.2, 0) is 6.54 Å². The fraction of sp³-hybridized carbons (Fsp3) is 0.375. The predicted octanol–water partition coefficient (Wildman–Crippen LogP) is 3.78. The number of carbonyl (C=O) groups is 1. The summed E-state index contributed by atoms with van der Waals surface area (Å²) in [6.45, 7) is 7.17. The Hall–Kier alpha value is -1.90. The molecule has 100 valence electrons. The summed E-state index contributed by atoms with van der Waals surface area (Å²) in [6.07, 6.45) is 4.93. The van der Waals surface area contributed by atoms with Gasteiger partial charge in [0.25, 0.3) is 0 Å². The number of aromatic nitrogens is 2. The lowest BCUT2D eigenvalue weighted by Gasteiger charge is -2.03. The van der Waals surface area contributed by atoms with Crippen molar-refractivity contribution in [3.05, 3.63) is 41.1 Å². The summed E-state index contributed by atoms with van der Waals surface area (Å²) in [6, 6.07) is 6.20. The van der Waals surface area contributed by atoms with Crippen molar-refractivity contribution in [2.45, 2.75) is 40.2 Å². The van der Waals surface area contributed by atoms with Crippen LogP contribution in [0.5, 0.6) is 0 Å². The lowest BCUT2D eigenvalue weighted by Crippen LogP contribution is -1.98. The van der Waals surface area contributed by atoms with E-state index in [1.807, 2.05) is 16.9 Å². The van der Waals surface area contributed by atoms with Crippen LogP contribution in [0.1, 0.15) is 41.3 Å². The molecule has 0 amide bonds. The quantitative estimate of drug-likeness (QED) is 0.763. The number of unbranched alkanes of at least 4 members (excludes halogenated alkanes) is 1. The zero-order valence-electron chi connectivity index (χ0n) is 11.8. The Morgan fingerprint density at radius 3 is 2.68 bits per heavy atom. The van der Waals surface area contributed by atoms with Gasteiger partial charge in [-0.05, 0) is 37.5 Å². The molecule has 1 aromatic heterocycles. The molecule has 0 saturated heterocycles. The van der Waals surface area contributed by atoms with Crippen LogP contribution >= 0.6 is 0 Å². The van der Waals surface area contributed by atoms with Crippen LogP contribution < -0.4 is 0 Å². The van der Waals surface area contributed by atoms with Gasteiger partial charge in [-0.3, -0.25) is 9.48 Å². The Morgan fingerprint density at radius 1 is 1.26 bits per heavy atom. The first kappa shape index (κ1) is 13.5. The summed E-state index contributed by atoms with van der Waals surface area (Å²) < 4.78 is 1.87. The summed E-state index contributed by atoms with van der Waals surface area (Å²) >= 11 is 0. The molecule has 1 heterocycles. The largest absolute Gasteiger partial charge is 0.298 e. The molecule has 2 aromatic rings. The average molecular weight is 256 g/mol. The molecule has 0 atom stereocenters. The van der Waals surface area contributed by atoms with Crippen molar-refractivity contribution in [2.75, 3.05) is 0 Å². The number of rotatable bonds is 5. The second-order valence-corrected chi connectivity index (χ2v) is 4.97. The number of hydrogen-bond acceptors (Lipinski definition) is 2. The van der Waals surface area contributed by atoms with E-state index < -0.39 is 0 Å². The van der Waals surface area contributed by atoms with Crippen LogP contribution in [0.25, 0.3) is 11.3 Å². The maximum atomic E-state index is 11.2. The standard InChI is InChI=1S/C16H20N2O/c1-4-5-8-18-10-15(11-19)16(17-18)14-7-6-12(2)13(3)9-14/h6-7,9-11H,4-5,8H2,1-3H3. The molecule has 3 nitrogen and oxygen atoms in total. The summed E-state index contributed by atoms with van der Waals surface area (Å²) in [4.78, 5) is 11.2. The molecule has 1 aromatic carbocycles. The number of nitrogens with zero attached hydrogens (tertiary/aromatic N) is 2. The van der Waals surface area contributed by atoms with Gasteiger partial charge in [0.15, 0.2) is 6.29 Å². The van der Waals surface area contributed by atoms with Gasteiger partial charge in [0.05, 0.1) is 5.56 Å². The third-order valence-electron chi connectivity index (χ3n) is 3.44. The second kappa shape index (κ2) is 5.83. The summed E-state index contributed by atoms with van der Waals surface area (Å²) in [7, 11) is 0. The van der Waals surface area contributed by atoms with E-state index in [2.05, 4.69) is 38.0 Å². The smallest absolute Gasteiger partial charge is 0.153 e. The van der Waals surface area contributed by atoms with E-state index in [1.54, 1.807) is 0 Å². The average Bonchev–Trinajstić information content (AvgIpc) is 2.83. The Kier molecular flexibility index (Phi) is 4.15. The van der Waals surface area contributed by atoms with Crippen molar-refractivity contribution in [1.82, 2.24) is 9.78 Å². The minimum Gasteiger partial charge on any atom is -0.298 e. The molecule has 0 aliphatic carbocycles. The van der Waals surface area contributed by atoms with E-state index in [0.29, 0.717) is 5.56 Å². The number of aryl methyl sites for hydroxylation is 3. The number of aldehydes is 1. The molecule has 0 fully saturated rings. The van der Waals surface area contributed by atoms with Crippen molar-refractivity contribution in [3.8, 4) is 11.3 Å². The van der Waals surface area contributed by atoms with Gasteiger partial charge < -0.3 is 0 Å². The van der Waals surface area contributed by atoms with Crippen molar-refractivity contribution < 1.29 is 4.79 Å². The maximum absolute atomic E-state index is 11.2. The second-order valence-electron chi connectivity index (χ2n) is 4.97. The summed E-state index contributed by atoms with van der Waals surface area (Å²) in [5, 5.41) is 4.54. The Bertz CT molecular complexity index is 584.